The molecule has 2 fully saturated rings. The van der Waals surface area contributed by atoms with Gasteiger partial charge in [-0.2, -0.15) is 0 Å². The van der Waals surface area contributed by atoms with Crippen molar-refractivity contribution in [3.63, 3.8) is 0 Å². The lowest BCUT2D eigenvalue weighted by molar-refractivity contribution is -0.148. The van der Waals surface area contributed by atoms with Gasteiger partial charge in [-0.3, -0.25) is 4.79 Å². The molecule has 100 valence electrons. The van der Waals surface area contributed by atoms with Crippen molar-refractivity contribution in [2.75, 3.05) is 7.11 Å². The van der Waals surface area contributed by atoms with Crippen LogP contribution in [0.1, 0.15) is 52.9 Å². The van der Waals surface area contributed by atoms with E-state index in [0.29, 0.717) is 5.41 Å². The Kier molecular flexibility index (Phi) is 2.46. The van der Waals surface area contributed by atoms with Crippen molar-refractivity contribution in [2.45, 2.75) is 52.9 Å². The molecule has 0 aromatic carbocycles. The first-order valence-electron chi connectivity index (χ1n) is 7.22. The molecule has 2 heteroatoms. The number of esters is 1. The number of ether oxygens (including phenoxy) is 1. The molecule has 0 amide bonds. The first-order valence-corrected chi connectivity index (χ1v) is 7.22. The molecule has 3 aliphatic rings. The van der Waals surface area contributed by atoms with Crippen LogP contribution in [0.25, 0.3) is 0 Å². The van der Waals surface area contributed by atoms with Crippen LogP contribution in [-0.4, -0.2) is 13.1 Å². The molecule has 0 aromatic rings. The smallest absolute Gasteiger partial charge is 0.309 e. The highest BCUT2D eigenvalue weighted by Gasteiger charge is 2.60. The van der Waals surface area contributed by atoms with Crippen LogP contribution in [0.2, 0.25) is 0 Å². The van der Waals surface area contributed by atoms with Crippen LogP contribution < -0.4 is 0 Å². The standard InChI is InChI=1S/C16H24O2/c1-10-12-5-6-13(14(17)18-4)16(12)8-7-11(9-16)15(10,2)3/h11,13H,5-9H2,1-4H3/t11-,13-,16-/m1/s1. The third-order valence-electron chi connectivity index (χ3n) is 6.43. The van der Waals surface area contributed by atoms with Crippen molar-refractivity contribution >= 4 is 5.97 Å². The highest BCUT2D eigenvalue weighted by molar-refractivity contribution is 5.75. The molecule has 2 saturated carbocycles. The average molecular weight is 248 g/mol. The Bertz CT molecular complexity index is 432. The molecule has 0 radical (unpaired) electrons. The third kappa shape index (κ3) is 1.27. The molecule has 0 aliphatic heterocycles. The van der Waals surface area contributed by atoms with E-state index in [1.165, 1.54) is 26.4 Å². The summed E-state index contributed by atoms with van der Waals surface area (Å²) < 4.78 is 5.05. The number of allylic oxidation sites excluding steroid dienone is 2. The molecule has 1 spiro atoms. The number of methoxy groups -OCH3 is 1. The van der Waals surface area contributed by atoms with Crippen LogP contribution in [0.5, 0.6) is 0 Å². The second-order valence-electron chi connectivity index (χ2n) is 7.04. The highest BCUT2D eigenvalue weighted by atomic mass is 16.5. The van der Waals surface area contributed by atoms with E-state index >= 15 is 0 Å². The molecule has 0 saturated heterocycles. The summed E-state index contributed by atoms with van der Waals surface area (Å²) in [7, 11) is 1.53. The molecular formula is C16H24O2. The maximum absolute atomic E-state index is 12.1. The minimum atomic E-state index is 0.0261. The fraction of sp³-hybridized carbons (Fsp3) is 0.812. The van der Waals surface area contributed by atoms with E-state index in [9.17, 15) is 4.79 Å². The summed E-state index contributed by atoms with van der Waals surface area (Å²) >= 11 is 0. The fourth-order valence-corrected chi connectivity index (χ4v) is 5.05. The normalized spacial score (nSPS) is 40.9. The van der Waals surface area contributed by atoms with Crippen LogP contribution in [0, 0.1) is 22.7 Å². The molecule has 3 aliphatic carbocycles. The summed E-state index contributed by atoms with van der Waals surface area (Å²) in [6.45, 7) is 7.09. The molecule has 18 heavy (non-hydrogen) atoms. The zero-order valence-electron chi connectivity index (χ0n) is 12.0. The van der Waals surface area contributed by atoms with Crippen molar-refractivity contribution < 1.29 is 9.53 Å². The van der Waals surface area contributed by atoms with Gasteiger partial charge in [-0.25, -0.2) is 0 Å². The largest absolute Gasteiger partial charge is 0.469 e. The van der Waals surface area contributed by atoms with E-state index in [2.05, 4.69) is 20.8 Å². The Morgan fingerprint density at radius 1 is 1.33 bits per heavy atom. The molecule has 2 bridgehead atoms. The van der Waals surface area contributed by atoms with E-state index in [4.69, 9.17) is 4.74 Å². The van der Waals surface area contributed by atoms with Crippen LogP contribution in [0.4, 0.5) is 0 Å². The van der Waals surface area contributed by atoms with Crippen LogP contribution in [0.3, 0.4) is 0 Å². The van der Waals surface area contributed by atoms with Crippen molar-refractivity contribution in [1.29, 1.82) is 0 Å². The van der Waals surface area contributed by atoms with Gasteiger partial charge in [-0.1, -0.05) is 25.0 Å². The van der Waals surface area contributed by atoms with Crippen LogP contribution in [0.15, 0.2) is 11.1 Å². The Balaban J connectivity index is 2.09. The number of rotatable bonds is 1. The van der Waals surface area contributed by atoms with E-state index in [-0.39, 0.29) is 17.3 Å². The van der Waals surface area contributed by atoms with Crippen molar-refractivity contribution in [2.24, 2.45) is 22.7 Å². The number of fused-ring (bicyclic) bond motifs is 1. The third-order valence-corrected chi connectivity index (χ3v) is 6.43. The van der Waals surface area contributed by atoms with E-state index in [1.807, 2.05) is 0 Å². The molecule has 3 rings (SSSR count). The van der Waals surface area contributed by atoms with Gasteiger partial charge in [0.1, 0.15) is 0 Å². The fourth-order valence-electron chi connectivity index (χ4n) is 5.05. The Morgan fingerprint density at radius 3 is 2.72 bits per heavy atom. The van der Waals surface area contributed by atoms with Crippen molar-refractivity contribution in [1.82, 2.24) is 0 Å². The van der Waals surface area contributed by atoms with E-state index in [1.54, 1.807) is 11.1 Å². The average Bonchev–Trinajstić information content (AvgIpc) is 2.92. The molecule has 0 heterocycles. The van der Waals surface area contributed by atoms with Gasteiger partial charge in [0, 0.05) is 5.41 Å². The second-order valence-corrected chi connectivity index (χ2v) is 7.04. The second kappa shape index (κ2) is 3.61. The zero-order chi connectivity index (χ0) is 13.1. The SMILES string of the molecule is COC(=O)[C@H]1CCC2=C(C)C(C)(C)[C@@H]3CC[C@@]21C3. The predicted molar refractivity (Wildman–Crippen MR) is 71.0 cm³/mol. The number of carbonyl (C=O) groups excluding carboxylic acids is 1. The lowest BCUT2D eigenvalue weighted by Crippen LogP contribution is -2.37. The van der Waals surface area contributed by atoms with Gasteiger partial charge in [-0.05, 0) is 50.4 Å². The van der Waals surface area contributed by atoms with Gasteiger partial charge < -0.3 is 4.74 Å². The lowest BCUT2D eigenvalue weighted by Gasteiger charge is -2.44. The maximum Gasteiger partial charge on any atom is 0.309 e. The molecule has 0 unspecified atom stereocenters. The summed E-state index contributed by atoms with van der Waals surface area (Å²) in [6.07, 6.45) is 5.81. The Morgan fingerprint density at radius 2 is 2.06 bits per heavy atom. The van der Waals surface area contributed by atoms with Gasteiger partial charge in [-0.15, -0.1) is 0 Å². The topological polar surface area (TPSA) is 26.3 Å². The maximum atomic E-state index is 12.1. The van der Waals surface area contributed by atoms with Crippen molar-refractivity contribution in [3.05, 3.63) is 11.1 Å². The number of carbonyl (C=O) groups is 1. The van der Waals surface area contributed by atoms with Gasteiger partial charge in [0.15, 0.2) is 0 Å². The minimum Gasteiger partial charge on any atom is -0.469 e. The highest BCUT2D eigenvalue weighted by Crippen LogP contribution is 2.68. The summed E-state index contributed by atoms with van der Waals surface area (Å²) in [6, 6.07) is 0. The molecule has 0 N–H and O–H groups in total. The number of hydrogen-bond donors (Lipinski definition) is 0. The summed E-state index contributed by atoms with van der Waals surface area (Å²) in [4.78, 5) is 12.1. The zero-order valence-corrected chi connectivity index (χ0v) is 12.0. The first kappa shape index (κ1) is 12.3. The first-order chi connectivity index (χ1) is 8.43. The van der Waals surface area contributed by atoms with Gasteiger partial charge >= 0.3 is 5.97 Å². The molecule has 2 nitrogen and oxygen atoms in total. The summed E-state index contributed by atoms with van der Waals surface area (Å²) in [5, 5.41) is 0. The van der Waals surface area contributed by atoms with Gasteiger partial charge in [0.05, 0.1) is 13.0 Å². The molecule has 0 aromatic heterocycles. The van der Waals surface area contributed by atoms with Crippen LogP contribution in [-0.2, 0) is 9.53 Å². The Hall–Kier alpha value is -0.790. The quantitative estimate of drug-likeness (QED) is 0.522. The number of hydrogen-bond acceptors (Lipinski definition) is 2. The molecular weight excluding hydrogens is 224 g/mol. The lowest BCUT2D eigenvalue weighted by atomic mass is 9.60. The molecule has 3 atom stereocenters. The minimum absolute atomic E-state index is 0.0261. The van der Waals surface area contributed by atoms with Crippen molar-refractivity contribution in [3.8, 4) is 0 Å². The van der Waals surface area contributed by atoms with Gasteiger partial charge in [0.25, 0.3) is 0 Å². The van der Waals surface area contributed by atoms with Crippen LogP contribution >= 0.6 is 0 Å². The Labute approximate surface area is 110 Å². The summed E-state index contributed by atoms with van der Waals surface area (Å²) in [5.41, 5.74) is 3.69. The van der Waals surface area contributed by atoms with E-state index in [0.717, 1.165) is 18.8 Å². The predicted octanol–water partition coefficient (Wildman–Crippen LogP) is 3.71. The van der Waals surface area contributed by atoms with E-state index < -0.39 is 0 Å². The monoisotopic (exact) mass is 248 g/mol. The summed E-state index contributed by atoms with van der Waals surface area (Å²) in [5.74, 6) is 0.915. The van der Waals surface area contributed by atoms with Gasteiger partial charge in [0.2, 0.25) is 0 Å².